The van der Waals surface area contributed by atoms with E-state index < -0.39 is 0 Å². The molecule has 2 aromatic heterocycles. The second kappa shape index (κ2) is 8.02. The lowest BCUT2D eigenvalue weighted by Gasteiger charge is -2.10. The van der Waals surface area contributed by atoms with E-state index in [1.54, 1.807) is 23.8 Å². The molecule has 124 valence electrons. The van der Waals surface area contributed by atoms with Crippen LogP contribution >= 0.6 is 46.5 Å². The minimum Gasteiger partial charge on any atom is -0.365 e. The van der Waals surface area contributed by atoms with E-state index >= 15 is 0 Å². The normalized spacial score (nSPS) is 10.6. The highest BCUT2D eigenvalue weighted by Gasteiger charge is 2.07. The molecular formula is C15H11Cl2FN4S2. The van der Waals surface area contributed by atoms with E-state index in [0.29, 0.717) is 21.4 Å². The van der Waals surface area contributed by atoms with E-state index in [0.717, 1.165) is 10.7 Å². The molecule has 0 bridgehead atoms. The Kier molecular flexibility index (Phi) is 5.78. The highest BCUT2D eigenvalue weighted by molar-refractivity contribution is 8.00. The van der Waals surface area contributed by atoms with E-state index in [1.807, 2.05) is 5.38 Å². The molecular weight excluding hydrogens is 390 g/mol. The number of rotatable bonds is 6. The monoisotopic (exact) mass is 400 g/mol. The molecule has 1 aromatic carbocycles. The lowest BCUT2D eigenvalue weighted by Crippen LogP contribution is -2.04. The summed E-state index contributed by atoms with van der Waals surface area (Å²) in [7, 11) is 0. The van der Waals surface area contributed by atoms with Crippen LogP contribution in [0.5, 0.6) is 0 Å². The van der Waals surface area contributed by atoms with Gasteiger partial charge in [0.15, 0.2) is 0 Å². The average Bonchev–Trinajstić information content (AvgIpc) is 3.08. The van der Waals surface area contributed by atoms with E-state index in [1.165, 1.54) is 35.4 Å². The number of thiazole rings is 1. The molecule has 24 heavy (non-hydrogen) atoms. The number of benzene rings is 1. The van der Waals surface area contributed by atoms with E-state index in [4.69, 9.17) is 23.2 Å². The van der Waals surface area contributed by atoms with Gasteiger partial charge in [-0.1, -0.05) is 23.2 Å². The van der Waals surface area contributed by atoms with Gasteiger partial charge in [-0.15, -0.1) is 11.3 Å². The predicted octanol–water partition coefficient (Wildman–Crippen LogP) is 5.72. The zero-order valence-electron chi connectivity index (χ0n) is 12.1. The number of pyridine rings is 1. The van der Waals surface area contributed by atoms with Crippen molar-refractivity contribution in [1.82, 2.24) is 9.97 Å². The van der Waals surface area contributed by atoms with Gasteiger partial charge in [0.1, 0.15) is 17.5 Å². The first-order valence-corrected chi connectivity index (χ1v) is 9.28. The van der Waals surface area contributed by atoms with Gasteiger partial charge in [-0.25, -0.2) is 14.4 Å². The lowest BCUT2D eigenvalue weighted by atomic mass is 10.2. The minimum atomic E-state index is -0.331. The van der Waals surface area contributed by atoms with Gasteiger partial charge in [0, 0.05) is 33.6 Å². The molecule has 0 spiro atoms. The molecule has 0 radical (unpaired) electrons. The van der Waals surface area contributed by atoms with Crippen molar-refractivity contribution in [3.05, 3.63) is 62.8 Å². The first-order valence-electron chi connectivity index (χ1n) is 6.76. The molecule has 0 atom stereocenters. The summed E-state index contributed by atoms with van der Waals surface area (Å²) in [6.07, 6.45) is 1.67. The largest absolute Gasteiger partial charge is 0.365 e. The number of halogens is 3. The Labute approximate surface area is 156 Å². The van der Waals surface area contributed by atoms with E-state index in [-0.39, 0.29) is 12.4 Å². The molecule has 0 fully saturated rings. The van der Waals surface area contributed by atoms with Gasteiger partial charge in [0.25, 0.3) is 0 Å². The van der Waals surface area contributed by atoms with Crippen LogP contribution in [0, 0.1) is 5.82 Å². The SMILES string of the molecule is Fc1ccc(Cl)cc1CNc1ncc(SNc2cscn2)cc1Cl. The summed E-state index contributed by atoms with van der Waals surface area (Å²) in [5, 5.41) is 5.84. The van der Waals surface area contributed by atoms with Gasteiger partial charge in [-0.3, -0.25) is 0 Å². The third-order valence-electron chi connectivity index (χ3n) is 2.98. The molecule has 0 saturated heterocycles. The van der Waals surface area contributed by atoms with Crippen molar-refractivity contribution in [3.8, 4) is 0 Å². The van der Waals surface area contributed by atoms with Crippen LogP contribution in [-0.2, 0) is 6.54 Å². The van der Waals surface area contributed by atoms with Crippen LogP contribution < -0.4 is 10.0 Å². The third-order valence-corrected chi connectivity index (χ3v) is 4.86. The second-order valence-corrected chi connectivity index (χ2v) is 7.11. The molecule has 0 saturated carbocycles. The van der Waals surface area contributed by atoms with Crippen molar-refractivity contribution < 1.29 is 4.39 Å². The standard InChI is InChI=1S/C15H11Cl2FN4S2/c16-10-1-2-13(18)9(3-10)5-19-15-12(17)4-11(6-20-15)24-22-14-7-23-8-21-14/h1-4,6-8,22H,5H2,(H,19,20). The number of hydrogen-bond donors (Lipinski definition) is 2. The highest BCUT2D eigenvalue weighted by Crippen LogP contribution is 2.27. The summed E-state index contributed by atoms with van der Waals surface area (Å²) in [5.41, 5.74) is 2.19. The van der Waals surface area contributed by atoms with Crippen molar-refractivity contribution in [2.75, 3.05) is 10.0 Å². The summed E-state index contributed by atoms with van der Waals surface area (Å²) in [6, 6.07) is 6.18. The van der Waals surface area contributed by atoms with Crippen molar-refractivity contribution in [2.24, 2.45) is 0 Å². The van der Waals surface area contributed by atoms with Gasteiger partial charge >= 0.3 is 0 Å². The zero-order chi connectivity index (χ0) is 16.9. The molecule has 3 rings (SSSR count). The molecule has 0 aliphatic carbocycles. The molecule has 0 amide bonds. The molecule has 2 heterocycles. The predicted molar refractivity (Wildman–Crippen MR) is 99.6 cm³/mol. The summed E-state index contributed by atoms with van der Waals surface area (Å²) in [4.78, 5) is 9.23. The smallest absolute Gasteiger partial charge is 0.147 e. The quantitative estimate of drug-likeness (QED) is 0.518. The molecule has 0 unspecified atom stereocenters. The number of nitrogens with one attached hydrogen (secondary N) is 2. The van der Waals surface area contributed by atoms with E-state index in [2.05, 4.69) is 20.0 Å². The van der Waals surface area contributed by atoms with Crippen LogP contribution in [-0.4, -0.2) is 9.97 Å². The molecule has 2 N–H and O–H groups in total. The average molecular weight is 401 g/mol. The molecule has 0 aliphatic heterocycles. The summed E-state index contributed by atoms with van der Waals surface area (Å²) < 4.78 is 16.8. The number of nitrogens with zero attached hydrogens (tertiary/aromatic N) is 2. The highest BCUT2D eigenvalue weighted by atomic mass is 35.5. The van der Waals surface area contributed by atoms with Gasteiger partial charge in [-0.05, 0) is 36.2 Å². The molecule has 9 heteroatoms. The maximum atomic E-state index is 13.7. The second-order valence-electron chi connectivity index (χ2n) is 4.67. The van der Waals surface area contributed by atoms with E-state index in [9.17, 15) is 4.39 Å². The maximum absolute atomic E-state index is 13.7. The molecule has 0 aliphatic rings. The van der Waals surface area contributed by atoms with Crippen LogP contribution in [0.2, 0.25) is 10.0 Å². The lowest BCUT2D eigenvalue weighted by molar-refractivity contribution is 0.613. The van der Waals surface area contributed by atoms with Crippen molar-refractivity contribution in [3.63, 3.8) is 0 Å². The summed E-state index contributed by atoms with van der Waals surface area (Å²) in [6.45, 7) is 0.239. The Morgan fingerprint density at radius 1 is 1.21 bits per heavy atom. The van der Waals surface area contributed by atoms with Crippen LogP contribution in [0.25, 0.3) is 0 Å². The Bertz CT molecular complexity index is 830. The van der Waals surface area contributed by atoms with Crippen LogP contribution in [0.15, 0.2) is 46.2 Å². The van der Waals surface area contributed by atoms with Crippen molar-refractivity contribution in [1.29, 1.82) is 0 Å². The topological polar surface area (TPSA) is 49.8 Å². The van der Waals surface area contributed by atoms with Gasteiger partial charge in [0.2, 0.25) is 0 Å². The number of anilines is 2. The zero-order valence-corrected chi connectivity index (χ0v) is 15.2. The first-order chi connectivity index (χ1) is 11.6. The van der Waals surface area contributed by atoms with Crippen LogP contribution in [0.4, 0.5) is 16.0 Å². The number of hydrogen-bond acceptors (Lipinski definition) is 6. The minimum absolute atomic E-state index is 0.239. The van der Waals surface area contributed by atoms with Crippen molar-refractivity contribution in [2.45, 2.75) is 11.4 Å². The van der Waals surface area contributed by atoms with Crippen molar-refractivity contribution >= 4 is 58.1 Å². The fourth-order valence-corrected chi connectivity index (χ4v) is 3.51. The Balaban J connectivity index is 1.63. The Morgan fingerprint density at radius 3 is 2.83 bits per heavy atom. The maximum Gasteiger partial charge on any atom is 0.147 e. The first kappa shape index (κ1) is 17.3. The molecule has 4 nitrogen and oxygen atoms in total. The Hall–Kier alpha value is -1.54. The Morgan fingerprint density at radius 2 is 2.08 bits per heavy atom. The van der Waals surface area contributed by atoms with Gasteiger partial charge < -0.3 is 10.0 Å². The van der Waals surface area contributed by atoms with Crippen LogP contribution in [0.3, 0.4) is 0 Å². The van der Waals surface area contributed by atoms with Gasteiger partial charge in [0.05, 0.1) is 10.5 Å². The fourth-order valence-electron chi connectivity index (χ4n) is 1.84. The van der Waals surface area contributed by atoms with Gasteiger partial charge in [-0.2, -0.15) is 0 Å². The summed E-state index contributed by atoms with van der Waals surface area (Å²) in [5.74, 6) is 0.927. The number of aromatic nitrogens is 2. The fraction of sp³-hybridized carbons (Fsp3) is 0.0667. The molecule has 3 aromatic rings. The van der Waals surface area contributed by atoms with Crippen LogP contribution in [0.1, 0.15) is 5.56 Å². The summed E-state index contributed by atoms with van der Waals surface area (Å²) >= 11 is 15.0. The third kappa shape index (κ3) is 4.51.